The molecule has 0 fully saturated rings. The molecule has 0 N–H and O–H groups in total. The number of benzene rings is 4. The van der Waals surface area contributed by atoms with Crippen molar-refractivity contribution in [2.24, 2.45) is 5.92 Å². The van der Waals surface area contributed by atoms with E-state index in [-0.39, 0.29) is 11.4 Å². The van der Waals surface area contributed by atoms with E-state index < -0.39 is 35.8 Å². The van der Waals surface area contributed by atoms with Gasteiger partial charge in [0, 0.05) is 17.1 Å². The number of halogens is 7. The van der Waals surface area contributed by atoms with Crippen molar-refractivity contribution in [2.45, 2.75) is 18.8 Å². The summed E-state index contributed by atoms with van der Waals surface area (Å²) in [6, 6.07) is 24.6. The van der Waals surface area contributed by atoms with Crippen LogP contribution in [0.5, 0.6) is 0 Å². The summed E-state index contributed by atoms with van der Waals surface area (Å²) in [5.41, 5.74) is 3.15. The molecule has 0 aliphatic heterocycles. The van der Waals surface area contributed by atoms with E-state index in [2.05, 4.69) is 11.1 Å². The number of hydrogen-bond donors (Lipinski definition) is 0. The van der Waals surface area contributed by atoms with E-state index in [0.29, 0.717) is 6.08 Å². The number of thiazole rings is 1. The minimum Gasteiger partial charge on any atom is -0.236 e. The van der Waals surface area contributed by atoms with Crippen LogP contribution in [0.4, 0.5) is 30.7 Å². The molecule has 5 aromatic rings. The third-order valence-corrected chi connectivity index (χ3v) is 9.42. The Balaban J connectivity index is 1.11. The average molecular weight is 672 g/mol. The van der Waals surface area contributed by atoms with Crippen molar-refractivity contribution >= 4 is 37.9 Å². The summed E-state index contributed by atoms with van der Waals surface area (Å²) >= 11 is 1.44. The molecular weight excluding hydrogens is 647 g/mol. The molecule has 2 aliphatic rings. The number of allylic oxidation sites excluding steroid dienone is 12. The van der Waals surface area contributed by atoms with E-state index >= 15 is 0 Å². The van der Waals surface area contributed by atoms with Crippen LogP contribution in [-0.2, 0) is 0 Å². The predicted molar refractivity (Wildman–Crippen MR) is 179 cm³/mol. The van der Waals surface area contributed by atoms with Crippen molar-refractivity contribution in [1.82, 2.24) is 4.98 Å². The molecule has 1 aromatic heterocycles. The summed E-state index contributed by atoms with van der Waals surface area (Å²) in [7, 11) is 0. The molecule has 7 rings (SSSR count). The van der Waals surface area contributed by atoms with Crippen molar-refractivity contribution in [1.29, 1.82) is 0 Å². The van der Waals surface area contributed by atoms with Crippen molar-refractivity contribution in [3.8, 4) is 21.7 Å². The predicted octanol–water partition coefficient (Wildman–Crippen LogP) is 12.4. The first-order valence-corrected chi connectivity index (χ1v) is 15.8. The van der Waals surface area contributed by atoms with Gasteiger partial charge in [0.15, 0.2) is 0 Å². The van der Waals surface area contributed by atoms with Crippen molar-refractivity contribution in [3.63, 3.8) is 0 Å². The Bertz CT molecular complexity index is 2240. The molecule has 1 heterocycles. The monoisotopic (exact) mass is 671 g/mol. The molecule has 1 nitrogen and oxygen atoms in total. The lowest BCUT2D eigenvalue weighted by molar-refractivity contribution is -0.0945. The number of rotatable bonds is 4. The van der Waals surface area contributed by atoms with E-state index in [4.69, 9.17) is 0 Å². The highest BCUT2D eigenvalue weighted by atomic mass is 32.1. The number of alkyl halides is 6. The normalized spacial score (nSPS) is 17.1. The topological polar surface area (TPSA) is 12.9 Å². The standard InChI is InChI=1S/C39H24F7NS/c40-34-16-17-35-36(22-34)48-37(47-35)26-8-6-25(7-9-26)28-11-13-29-18-27(10-12-30(29)19-28)23-2-1-3-24(5-4-23)31-20-32(38(41,42)43)14-15-33(21-31)39(44,45)46/h1-14,16-22,24H,15H2. The van der Waals surface area contributed by atoms with Crippen LogP contribution in [0.25, 0.3) is 48.3 Å². The minimum atomic E-state index is -4.77. The Labute approximate surface area is 275 Å². The van der Waals surface area contributed by atoms with Gasteiger partial charge in [0.25, 0.3) is 0 Å². The summed E-state index contributed by atoms with van der Waals surface area (Å²) < 4.78 is 95.7. The van der Waals surface area contributed by atoms with Crippen LogP contribution in [0.15, 0.2) is 144 Å². The maximum atomic E-state index is 13.6. The van der Waals surface area contributed by atoms with E-state index in [1.54, 1.807) is 36.4 Å². The SMILES string of the molecule is Fc1ccc2nc(-c3ccc(-c4ccc5cc(C6=CC=CC(C7=CC(C(F)(F)F)=CCC(C(F)(F)F)=C7)C=C6)ccc5c4)cc3)sc2c1. The second kappa shape index (κ2) is 12.2. The molecule has 0 saturated carbocycles. The first kappa shape index (κ1) is 31.6. The van der Waals surface area contributed by atoms with Crippen LogP contribution < -0.4 is 0 Å². The molecule has 1 atom stereocenters. The summed E-state index contributed by atoms with van der Waals surface area (Å²) in [6.07, 6.45) is 0.245. The zero-order chi connectivity index (χ0) is 33.6. The molecule has 9 heteroatoms. The van der Waals surface area contributed by atoms with Gasteiger partial charge in [-0.05, 0) is 87.5 Å². The third kappa shape index (κ3) is 6.55. The zero-order valence-corrected chi connectivity index (χ0v) is 25.7. The van der Waals surface area contributed by atoms with Crippen LogP contribution in [0.1, 0.15) is 12.0 Å². The van der Waals surface area contributed by atoms with Crippen LogP contribution in [-0.4, -0.2) is 17.3 Å². The Morgan fingerprint density at radius 1 is 0.688 bits per heavy atom. The second-order valence-electron chi connectivity index (χ2n) is 11.5. The fourth-order valence-electron chi connectivity index (χ4n) is 5.80. The van der Waals surface area contributed by atoms with Gasteiger partial charge in [-0.25, -0.2) is 9.37 Å². The molecule has 4 aromatic carbocycles. The quantitative estimate of drug-likeness (QED) is 0.173. The van der Waals surface area contributed by atoms with Crippen molar-refractivity contribution in [2.75, 3.05) is 0 Å². The van der Waals surface area contributed by atoms with E-state index in [1.807, 2.05) is 54.6 Å². The van der Waals surface area contributed by atoms with Crippen molar-refractivity contribution in [3.05, 3.63) is 156 Å². The van der Waals surface area contributed by atoms with Crippen LogP contribution in [0.2, 0.25) is 0 Å². The zero-order valence-electron chi connectivity index (χ0n) is 24.9. The number of fused-ring (bicyclic) bond motifs is 2. The molecule has 0 radical (unpaired) electrons. The van der Waals surface area contributed by atoms with Gasteiger partial charge in [0.05, 0.1) is 15.8 Å². The summed E-state index contributed by atoms with van der Waals surface area (Å²) in [4.78, 5) is 4.62. The molecule has 1 unspecified atom stereocenters. The lowest BCUT2D eigenvalue weighted by Crippen LogP contribution is -2.12. The molecule has 2 aliphatic carbocycles. The van der Waals surface area contributed by atoms with E-state index in [9.17, 15) is 30.7 Å². The summed E-state index contributed by atoms with van der Waals surface area (Å²) in [6.45, 7) is 0. The maximum absolute atomic E-state index is 13.6. The Morgan fingerprint density at radius 3 is 2.10 bits per heavy atom. The van der Waals surface area contributed by atoms with E-state index in [0.717, 1.165) is 66.0 Å². The first-order valence-electron chi connectivity index (χ1n) is 15.0. The highest BCUT2D eigenvalue weighted by Gasteiger charge is 2.38. The van der Waals surface area contributed by atoms with Gasteiger partial charge in [0.1, 0.15) is 10.8 Å². The fourth-order valence-corrected chi connectivity index (χ4v) is 6.80. The van der Waals surface area contributed by atoms with Gasteiger partial charge in [-0.3, -0.25) is 0 Å². The van der Waals surface area contributed by atoms with Crippen LogP contribution >= 0.6 is 11.3 Å². The largest absolute Gasteiger partial charge is 0.416 e. The summed E-state index contributed by atoms with van der Waals surface area (Å²) in [5.74, 6) is -1.08. The first-order chi connectivity index (χ1) is 22.9. The van der Waals surface area contributed by atoms with Gasteiger partial charge in [-0.2, -0.15) is 26.3 Å². The summed E-state index contributed by atoms with van der Waals surface area (Å²) in [5, 5.41) is 2.78. The number of aromatic nitrogens is 1. The third-order valence-electron chi connectivity index (χ3n) is 8.35. The molecule has 0 saturated heterocycles. The Kier molecular flexibility index (Phi) is 8.03. The fraction of sp³-hybridized carbons (Fsp3) is 0.103. The number of hydrogen-bond acceptors (Lipinski definition) is 2. The molecule has 240 valence electrons. The smallest absolute Gasteiger partial charge is 0.236 e. The van der Waals surface area contributed by atoms with Crippen molar-refractivity contribution < 1.29 is 30.7 Å². The van der Waals surface area contributed by atoms with Gasteiger partial charge in [-0.15, -0.1) is 11.3 Å². The maximum Gasteiger partial charge on any atom is 0.416 e. The Morgan fingerprint density at radius 2 is 1.38 bits per heavy atom. The van der Waals surface area contributed by atoms with Crippen LogP contribution in [0, 0.1) is 11.7 Å². The van der Waals surface area contributed by atoms with E-state index in [1.165, 1.54) is 23.5 Å². The average Bonchev–Trinajstić information content (AvgIpc) is 3.19. The molecular formula is C39H24F7NS. The van der Waals surface area contributed by atoms with Gasteiger partial charge in [-0.1, -0.05) is 85.0 Å². The lowest BCUT2D eigenvalue weighted by atomic mass is 9.94. The highest BCUT2D eigenvalue weighted by Crippen LogP contribution is 2.39. The van der Waals surface area contributed by atoms with Gasteiger partial charge in [0.2, 0.25) is 0 Å². The molecule has 0 amide bonds. The lowest BCUT2D eigenvalue weighted by Gasteiger charge is -2.13. The Hall–Kier alpha value is -5.02. The highest BCUT2D eigenvalue weighted by molar-refractivity contribution is 7.21. The molecule has 0 bridgehead atoms. The minimum absolute atomic E-state index is 0.0832. The van der Waals surface area contributed by atoms with Crippen LogP contribution in [0.3, 0.4) is 0 Å². The molecule has 48 heavy (non-hydrogen) atoms. The van der Waals surface area contributed by atoms with Gasteiger partial charge >= 0.3 is 12.4 Å². The second-order valence-corrected chi connectivity index (χ2v) is 12.6. The number of nitrogens with zero attached hydrogens (tertiary/aromatic N) is 1. The van der Waals surface area contributed by atoms with Gasteiger partial charge < -0.3 is 0 Å². The molecule has 0 spiro atoms.